The summed E-state index contributed by atoms with van der Waals surface area (Å²) in [6, 6.07) is -0.0803. The van der Waals surface area contributed by atoms with Crippen LogP contribution in [0.25, 0.3) is 0 Å². The number of amides is 1. The van der Waals surface area contributed by atoms with Crippen molar-refractivity contribution in [3.63, 3.8) is 0 Å². The summed E-state index contributed by atoms with van der Waals surface area (Å²) in [5, 5.41) is 21.2. The van der Waals surface area contributed by atoms with Gasteiger partial charge in [-0.2, -0.15) is 0 Å². The highest BCUT2D eigenvalue weighted by Gasteiger charge is 2.33. The predicted molar refractivity (Wildman–Crippen MR) is 97.6 cm³/mol. The Bertz CT molecular complexity index is 583. The molecule has 1 aliphatic heterocycles. The molecule has 146 valence electrons. The Morgan fingerprint density at radius 3 is 2.77 bits per heavy atom. The fourth-order valence-electron chi connectivity index (χ4n) is 3.96. The Labute approximate surface area is 155 Å². The van der Waals surface area contributed by atoms with Crippen LogP contribution in [-0.2, 0) is 16.1 Å². The molecule has 0 spiro atoms. The van der Waals surface area contributed by atoms with E-state index in [0.717, 1.165) is 57.2 Å². The van der Waals surface area contributed by atoms with Crippen molar-refractivity contribution in [2.75, 3.05) is 6.61 Å². The van der Waals surface area contributed by atoms with Crippen molar-refractivity contribution in [3.05, 3.63) is 11.9 Å². The van der Waals surface area contributed by atoms with E-state index in [-0.39, 0.29) is 36.7 Å². The summed E-state index contributed by atoms with van der Waals surface area (Å²) in [6.45, 7) is 4.89. The summed E-state index contributed by atoms with van der Waals surface area (Å²) in [7, 11) is 0. The molecule has 2 fully saturated rings. The van der Waals surface area contributed by atoms with Gasteiger partial charge >= 0.3 is 0 Å². The van der Waals surface area contributed by atoms with Gasteiger partial charge in [-0.1, -0.05) is 31.9 Å². The average Bonchev–Trinajstić information content (AvgIpc) is 3.32. The first-order valence-corrected chi connectivity index (χ1v) is 10.0. The molecule has 3 atom stereocenters. The van der Waals surface area contributed by atoms with Gasteiger partial charge in [0, 0.05) is 18.7 Å². The minimum absolute atomic E-state index is 0.0626. The van der Waals surface area contributed by atoms with Gasteiger partial charge < -0.3 is 15.2 Å². The lowest BCUT2D eigenvalue weighted by atomic mass is 9.96. The van der Waals surface area contributed by atoms with Gasteiger partial charge in [0.2, 0.25) is 5.91 Å². The summed E-state index contributed by atoms with van der Waals surface area (Å²) in [5.41, 5.74) is 0.998. The summed E-state index contributed by atoms with van der Waals surface area (Å²) in [6.07, 6.45) is 8.59. The first-order valence-electron chi connectivity index (χ1n) is 10.0. The molecular formula is C19H32N4O3. The van der Waals surface area contributed by atoms with Crippen LogP contribution in [0, 0.1) is 5.92 Å². The van der Waals surface area contributed by atoms with E-state index in [2.05, 4.69) is 29.5 Å². The molecule has 2 heterocycles. The number of hydrogen-bond acceptors (Lipinski definition) is 5. The summed E-state index contributed by atoms with van der Waals surface area (Å²) in [5.74, 6) is 0.657. The third kappa shape index (κ3) is 4.82. The number of nitrogens with one attached hydrogen (secondary N) is 1. The van der Waals surface area contributed by atoms with Crippen molar-refractivity contribution in [2.24, 2.45) is 5.92 Å². The van der Waals surface area contributed by atoms with E-state index >= 15 is 0 Å². The molecule has 0 bridgehead atoms. The molecule has 3 rings (SSSR count). The standard InChI is InChI=1S/C19H32N4O3/c1-13(2)17-11-23(22-21-17)10-9-15-7-8-16(18(12-24)26-15)20-19(25)14-5-3-4-6-14/h11,13-16,18,24H,3-10,12H2,1-2H3,(H,20,25)/t15-,16-,18-/m0/s1. The molecule has 2 aliphatic rings. The third-order valence-corrected chi connectivity index (χ3v) is 5.68. The average molecular weight is 364 g/mol. The molecule has 1 aromatic rings. The van der Waals surface area contributed by atoms with Crippen molar-refractivity contribution in [3.8, 4) is 0 Å². The van der Waals surface area contributed by atoms with Crippen LogP contribution < -0.4 is 5.32 Å². The van der Waals surface area contributed by atoms with Crippen LogP contribution in [0.1, 0.15) is 70.4 Å². The molecule has 1 amide bonds. The maximum Gasteiger partial charge on any atom is 0.223 e. The zero-order valence-electron chi connectivity index (χ0n) is 15.9. The second kappa shape index (κ2) is 8.95. The molecular weight excluding hydrogens is 332 g/mol. The number of carbonyl (C=O) groups is 1. The quantitative estimate of drug-likeness (QED) is 0.772. The van der Waals surface area contributed by atoms with Crippen LogP contribution >= 0.6 is 0 Å². The van der Waals surface area contributed by atoms with Crippen LogP contribution in [0.4, 0.5) is 0 Å². The van der Waals surface area contributed by atoms with Crippen LogP contribution in [0.3, 0.4) is 0 Å². The predicted octanol–water partition coefficient (Wildman–Crippen LogP) is 2.01. The Balaban J connectivity index is 1.46. The Kier molecular flexibility index (Phi) is 6.64. The van der Waals surface area contributed by atoms with E-state index in [1.165, 1.54) is 0 Å². The molecule has 1 saturated carbocycles. The van der Waals surface area contributed by atoms with Crippen LogP contribution in [0.2, 0.25) is 0 Å². The molecule has 2 N–H and O–H groups in total. The summed E-state index contributed by atoms with van der Waals surface area (Å²) >= 11 is 0. The molecule has 1 saturated heterocycles. The van der Waals surface area contributed by atoms with Gasteiger partial charge in [0.1, 0.15) is 6.10 Å². The first-order chi connectivity index (χ1) is 12.6. The number of rotatable bonds is 7. The number of carbonyl (C=O) groups excluding carboxylic acids is 1. The van der Waals surface area contributed by atoms with Gasteiger partial charge in [-0.05, 0) is 38.0 Å². The molecule has 26 heavy (non-hydrogen) atoms. The fraction of sp³-hybridized carbons (Fsp3) is 0.842. The number of aliphatic hydroxyl groups is 1. The lowest BCUT2D eigenvalue weighted by molar-refractivity contribution is -0.132. The maximum absolute atomic E-state index is 12.4. The third-order valence-electron chi connectivity index (χ3n) is 5.68. The van der Waals surface area contributed by atoms with Gasteiger partial charge in [0.15, 0.2) is 0 Å². The number of aryl methyl sites for hydroxylation is 1. The number of hydrogen-bond donors (Lipinski definition) is 2. The van der Waals surface area contributed by atoms with Crippen LogP contribution in [0.5, 0.6) is 0 Å². The topological polar surface area (TPSA) is 89.3 Å². The minimum atomic E-state index is -0.318. The van der Waals surface area contributed by atoms with Crippen molar-refractivity contribution >= 4 is 5.91 Å². The van der Waals surface area contributed by atoms with Crippen molar-refractivity contribution in [2.45, 2.75) is 89.5 Å². The molecule has 0 radical (unpaired) electrons. The SMILES string of the molecule is CC(C)c1cn(CC[C@@H]2CC[C@H](NC(=O)C3CCCC3)[C@H](CO)O2)nn1. The molecule has 1 aliphatic carbocycles. The van der Waals surface area contributed by atoms with Crippen molar-refractivity contribution in [1.82, 2.24) is 20.3 Å². The summed E-state index contributed by atoms with van der Waals surface area (Å²) < 4.78 is 7.92. The highest BCUT2D eigenvalue weighted by molar-refractivity contribution is 5.79. The van der Waals surface area contributed by atoms with Crippen molar-refractivity contribution < 1.29 is 14.6 Å². The first kappa shape index (κ1) is 19.3. The maximum atomic E-state index is 12.4. The Hall–Kier alpha value is -1.47. The van der Waals surface area contributed by atoms with Crippen molar-refractivity contribution in [1.29, 1.82) is 0 Å². The molecule has 0 aromatic carbocycles. The highest BCUT2D eigenvalue weighted by Crippen LogP contribution is 2.27. The van der Waals surface area contributed by atoms with E-state index in [0.29, 0.717) is 5.92 Å². The lowest BCUT2D eigenvalue weighted by Gasteiger charge is -2.36. The molecule has 7 nitrogen and oxygen atoms in total. The van der Waals surface area contributed by atoms with E-state index in [4.69, 9.17) is 4.74 Å². The second-order valence-corrected chi connectivity index (χ2v) is 8.00. The molecule has 1 aromatic heterocycles. The number of ether oxygens (including phenoxy) is 1. The van der Waals surface area contributed by atoms with E-state index in [9.17, 15) is 9.90 Å². The molecule has 7 heteroatoms. The van der Waals surface area contributed by atoms with Gasteiger partial charge in [-0.25, -0.2) is 0 Å². The largest absolute Gasteiger partial charge is 0.394 e. The monoisotopic (exact) mass is 364 g/mol. The zero-order chi connectivity index (χ0) is 18.5. The summed E-state index contributed by atoms with van der Waals surface area (Å²) in [4.78, 5) is 12.4. The zero-order valence-corrected chi connectivity index (χ0v) is 15.9. The van der Waals surface area contributed by atoms with Gasteiger partial charge in [-0.15, -0.1) is 5.10 Å². The number of nitrogens with zero attached hydrogens (tertiary/aromatic N) is 3. The number of aliphatic hydroxyl groups excluding tert-OH is 1. The van der Waals surface area contributed by atoms with Gasteiger partial charge in [-0.3, -0.25) is 9.48 Å². The second-order valence-electron chi connectivity index (χ2n) is 8.00. The minimum Gasteiger partial charge on any atom is -0.394 e. The normalized spacial score (nSPS) is 27.2. The van der Waals surface area contributed by atoms with Gasteiger partial charge in [0.05, 0.1) is 24.4 Å². The lowest BCUT2D eigenvalue weighted by Crippen LogP contribution is -2.52. The Morgan fingerprint density at radius 1 is 1.35 bits per heavy atom. The van der Waals surface area contributed by atoms with E-state index in [1.54, 1.807) is 0 Å². The van der Waals surface area contributed by atoms with E-state index in [1.807, 2.05) is 10.9 Å². The Morgan fingerprint density at radius 2 is 2.12 bits per heavy atom. The molecule has 0 unspecified atom stereocenters. The fourth-order valence-corrected chi connectivity index (χ4v) is 3.96. The van der Waals surface area contributed by atoms with Gasteiger partial charge in [0.25, 0.3) is 0 Å². The number of aromatic nitrogens is 3. The van der Waals surface area contributed by atoms with Crippen LogP contribution in [0.15, 0.2) is 6.20 Å². The highest BCUT2D eigenvalue weighted by atomic mass is 16.5. The van der Waals surface area contributed by atoms with E-state index < -0.39 is 0 Å². The smallest absolute Gasteiger partial charge is 0.223 e. The van der Waals surface area contributed by atoms with Crippen LogP contribution in [-0.4, -0.2) is 50.9 Å².